The predicted molar refractivity (Wildman–Crippen MR) is 61.2 cm³/mol. The summed E-state index contributed by atoms with van der Waals surface area (Å²) in [5.74, 6) is 0. The fourth-order valence-electron chi connectivity index (χ4n) is 1.33. The number of nitrogens with two attached hydrogens (primary N) is 1. The van der Waals surface area contributed by atoms with Crippen molar-refractivity contribution in [3.05, 3.63) is 0 Å². The quantitative estimate of drug-likeness (QED) is 0.701. The Kier molecular flexibility index (Phi) is 5.64. The van der Waals surface area contributed by atoms with Crippen LogP contribution in [0.25, 0.3) is 0 Å². The largest absolute Gasteiger partial charge is 0.392 e. The van der Waals surface area contributed by atoms with Crippen molar-refractivity contribution >= 4 is 0 Å². The van der Waals surface area contributed by atoms with Gasteiger partial charge in [0.15, 0.2) is 0 Å². The van der Waals surface area contributed by atoms with E-state index in [1.165, 1.54) is 0 Å². The van der Waals surface area contributed by atoms with Crippen LogP contribution in [0.1, 0.15) is 34.1 Å². The first-order valence-electron chi connectivity index (χ1n) is 5.37. The number of hydrogen-bond donors (Lipinski definition) is 2. The minimum atomic E-state index is -0.357. The van der Waals surface area contributed by atoms with Crippen LogP contribution in [-0.4, -0.2) is 42.3 Å². The molecule has 0 radical (unpaired) electrons. The van der Waals surface area contributed by atoms with E-state index in [0.29, 0.717) is 12.6 Å². The monoisotopic (exact) mass is 202 g/mol. The van der Waals surface area contributed by atoms with Crippen LogP contribution >= 0.6 is 0 Å². The molecule has 0 aliphatic rings. The highest BCUT2D eigenvalue weighted by Gasteiger charge is 2.23. The molecule has 0 fully saturated rings. The first-order chi connectivity index (χ1) is 6.29. The second-order valence-corrected chi connectivity index (χ2v) is 5.20. The van der Waals surface area contributed by atoms with E-state index < -0.39 is 0 Å². The average Bonchev–Trinajstić information content (AvgIpc) is 2.10. The molecule has 0 heterocycles. The molecule has 0 aromatic carbocycles. The summed E-state index contributed by atoms with van der Waals surface area (Å²) < 4.78 is 0. The van der Waals surface area contributed by atoms with Crippen LogP contribution in [-0.2, 0) is 0 Å². The summed E-state index contributed by atoms with van der Waals surface area (Å²) in [5.41, 5.74) is 5.63. The van der Waals surface area contributed by atoms with E-state index in [1.54, 1.807) is 0 Å². The summed E-state index contributed by atoms with van der Waals surface area (Å²) in [5, 5.41) is 9.34. The molecule has 0 aliphatic carbocycles. The Morgan fingerprint density at radius 1 is 1.36 bits per heavy atom. The first kappa shape index (κ1) is 13.9. The van der Waals surface area contributed by atoms with Crippen molar-refractivity contribution < 1.29 is 5.11 Å². The zero-order chi connectivity index (χ0) is 11.4. The zero-order valence-corrected chi connectivity index (χ0v) is 10.2. The van der Waals surface area contributed by atoms with Crippen molar-refractivity contribution in [1.82, 2.24) is 4.90 Å². The molecule has 0 aliphatic heterocycles. The third-order valence-electron chi connectivity index (χ3n) is 3.00. The summed E-state index contributed by atoms with van der Waals surface area (Å²) >= 11 is 0. The van der Waals surface area contributed by atoms with Crippen LogP contribution in [0.4, 0.5) is 0 Å². The lowest BCUT2D eigenvalue weighted by molar-refractivity contribution is 0.107. The summed E-state index contributed by atoms with van der Waals surface area (Å²) in [6.07, 6.45) is 0.401. The van der Waals surface area contributed by atoms with Gasteiger partial charge >= 0.3 is 0 Å². The van der Waals surface area contributed by atoms with Crippen LogP contribution in [0.3, 0.4) is 0 Å². The number of hydrogen-bond acceptors (Lipinski definition) is 3. The molecule has 86 valence electrons. The van der Waals surface area contributed by atoms with Gasteiger partial charge in [-0.25, -0.2) is 0 Å². The number of rotatable bonds is 5. The summed E-state index contributed by atoms with van der Waals surface area (Å²) in [4.78, 5) is 2.28. The molecule has 3 N–H and O–H groups in total. The molecule has 0 amide bonds. The Labute approximate surface area is 88.3 Å². The lowest BCUT2D eigenvalue weighted by Crippen LogP contribution is -2.41. The van der Waals surface area contributed by atoms with Crippen molar-refractivity contribution in [2.75, 3.05) is 20.1 Å². The lowest BCUT2D eigenvalue weighted by Gasteiger charge is -2.35. The predicted octanol–water partition coefficient (Wildman–Crippen LogP) is 1.06. The van der Waals surface area contributed by atoms with Crippen LogP contribution in [0.5, 0.6) is 0 Å². The molecule has 3 heteroatoms. The maximum absolute atomic E-state index is 9.34. The molecule has 3 nitrogen and oxygen atoms in total. The van der Waals surface area contributed by atoms with Gasteiger partial charge in [-0.2, -0.15) is 0 Å². The van der Waals surface area contributed by atoms with E-state index in [1.807, 2.05) is 0 Å². The van der Waals surface area contributed by atoms with Gasteiger partial charge in [0, 0.05) is 19.1 Å². The fourth-order valence-corrected chi connectivity index (χ4v) is 1.33. The number of nitrogens with zero attached hydrogens (tertiary/aromatic N) is 1. The van der Waals surface area contributed by atoms with Crippen molar-refractivity contribution in [2.24, 2.45) is 11.1 Å². The molecule has 0 saturated carbocycles. The third kappa shape index (κ3) is 4.94. The Hall–Kier alpha value is -0.120. The molecule has 2 atom stereocenters. The van der Waals surface area contributed by atoms with Crippen LogP contribution in [0.2, 0.25) is 0 Å². The van der Waals surface area contributed by atoms with Crippen molar-refractivity contribution in [2.45, 2.75) is 46.3 Å². The lowest BCUT2D eigenvalue weighted by atomic mass is 9.87. The summed E-state index contributed by atoms with van der Waals surface area (Å²) in [7, 11) is 2.10. The van der Waals surface area contributed by atoms with E-state index in [9.17, 15) is 5.11 Å². The van der Waals surface area contributed by atoms with E-state index in [2.05, 4.69) is 39.6 Å². The zero-order valence-electron chi connectivity index (χ0n) is 10.2. The second kappa shape index (κ2) is 5.69. The molecule has 2 unspecified atom stereocenters. The Morgan fingerprint density at radius 3 is 2.21 bits per heavy atom. The van der Waals surface area contributed by atoms with Gasteiger partial charge in [0.25, 0.3) is 0 Å². The molecule has 0 aromatic rings. The molecule has 0 spiro atoms. The molecule has 0 saturated heterocycles. The van der Waals surface area contributed by atoms with Gasteiger partial charge in [0.1, 0.15) is 0 Å². The maximum Gasteiger partial charge on any atom is 0.0674 e. The normalized spacial score (nSPS) is 17.1. The molecular weight excluding hydrogens is 176 g/mol. The Bertz CT molecular complexity index is 154. The summed E-state index contributed by atoms with van der Waals surface area (Å²) in [6, 6.07) is 0.507. The summed E-state index contributed by atoms with van der Waals surface area (Å²) in [6.45, 7) is 10.2. The smallest absolute Gasteiger partial charge is 0.0674 e. The highest BCUT2D eigenvalue weighted by Crippen LogP contribution is 2.22. The van der Waals surface area contributed by atoms with Gasteiger partial charge in [0.2, 0.25) is 0 Å². The molecule has 14 heavy (non-hydrogen) atoms. The van der Waals surface area contributed by atoms with Crippen LogP contribution in [0.15, 0.2) is 0 Å². The minimum absolute atomic E-state index is 0.280. The highest BCUT2D eigenvalue weighted by molar-refractivity contribution is 4.77. The second-order valence-electron chi connectivity index (χ2n) is 5.20. The van der Waals surface area contributed by atoms with Crippen molar-refractivity contribution in [3.8, 4) is 0 Å². The van der Waals surface area contributed by atoms with E-state index in [0.717, 1.165) is 13.0 Å². The van der Waals surface area contributed by atoms with Gasteiger partial charge in [-0.3, -0.25) is 0 Å². The number of aliphatic hydroxyl groups excluding tert-OH is 1. The Morgan fingerprint density at radius 2 is 1.86 bits per heavy atom. The Balaban J connectivity index is 3.90. The van der Waals surface area contributed by atoms with Crippen LogP contribution in [0, 0.1) is 5.41 Å². The topological polar surface area (TPSA) is 49.5 Å². The van der Waals surface area contributed by atoms with Gasteiger partial charge in [-0.1, -0.05) is 20.8 Å². The molecular formula is C11H26N2O. The van der Waals surface area contributed by atoms with E-state index in [-0.39, 0.29) is 11.5 Å². The van der Waals surface area contributed by atoms with Gasteiger partial charge in [0.05, 0.1) is 6.10 Å². The van der Waals surface area contributed by atoms with Gasteiger partial charge < -0.3 is 15.7 Å². The van der Waals surface area contributed by atoms with Crippen LogP contribution < -0.4 is 5.73 Å². The SMILES string of the molecule is CC(N(C)CCC(O)CN)C(C)(C)C. The molecule has 0 aromatic heterocycles. The fraction of sp³-hybridized carbons (Fsp3) is 1.00. The third-order valence-corrected chi connectivity index (χ3v) is 3.00. The standard InChI is InChI=1S/C11H26N2O/c1-9(11(2,3)4)13(5)7-6-10(14)8-12/h9-10,14H,6-8,12H2,1-5H3. The van der Waals surface area contributed by atoms with E-state index >= 15 is 0 Å². The van der Waals surface area contributed by atoms with Gasteiger partial charge in [-0.15, -0.1) is 0 Å². The minimum Gasteiger partial charge on any atom is -0.392 e. The average molecular weight is 202 g/mol. The molecule has 0 rings (SSSR count). The number of aliphatic hydroxyl groups is 1. The van der Waals surface area contributed by atoms with Crippen molar-refractivity contribution in [3.63, 3.8) is 0 Å². The van der Waals surface area contributed by atoms with Gasteiger partial charge in [-0.05, 0) is 25.8 Å². The maximum atomic E-state index is 9.34. The van der Waals surface area contributed by atoms with E-state index in [4.69, 9.17) is 5.73 Å². The van der Waals surface area contributed by atoms with Crippen molar-refractivity contribution in [1.29, 1.82) is 0 Å². The highest BCUT2D eigenvalue weighted by atomic mass is 16.3. The first-order valence-corrected chi connectivity index (χ1v) is 5.37. The molecule has 0 bridgehead atoms.